The summed E-state index contributed by atoms with van der Waals surface area (Å²) >= 11 is 1.46. The molecular formula is C16H21NO4S. The third-order valence-corrected chi connectivity index (χ3v) is 5.18. The number of allylic oxidation sites excluding steroid dienone is 4. The van der Waals surface area contributed by atoms with E-state index in [4.69, 9.17) is 4.74 Å². The molecule has 120 valence electrons. The lowest BCUT2D eigenvalue weighted by molar-refractivity contribution is -0.148. The van der Waals surface area contributed by atoms with Crippen molar-refractivity contribution in [2.45, 2.75) is 27.2 Å². The third-order valence-electron chi connectivity index (χ3n) is 4.05. The maximum absolute atomic E-state index is 12.3. The zero-order valence-corrected chi connectivity index (χ0v) is 13.8. The van der Waals surface area contributed by atoms with Crippen LogP contribution in [0.5, 0.6) is 0 Å². The maximum atomic E-state index is 12.3. The van der Waals surface area contributed by atoms with Crippen LogP contribution in [0, 0.1) is 11.3 Å². The van der Waals surface area contributed by atoms with Gasteiger partial charge >= 0.3 is 5.97 Å². The minimum absolute atomic E-state index is 0.0739. The van der Waals surface area contributed by atoms with Crippen LogP contribution in [0.15, 0.2) is 34.6 Å². The molecule has 0 aromatic heterocycles. The fourth-order valence-corrected chi connectivity index (χ4v) is 3.39. The lowest BCUT2D eigenvalue weighted by Gasteiger charge is -2.33. The van der Waals surface area contributed by atoms with Crippen molar-refractivity contribution in [1.29, 1.82) is 0 Å². The second-order valence-electron chi connectivity index (χ2n) is 5.76. The van der Waals surface area contributed by atoms with Crippen LogP contribution in [0.25, 0.3) is 0 Å². The Morgan fingerprint density at radius 1 is 1.45 bits per heavy atom. The number of carbonyl (C=O) groups is 2. The maximum Gasteiger partial charge on any atom is 0.314 e. The number of carboxylic acid groups (broad SMARTS) is 1. The minimum Gasteiger partial charge on any atom is -0.496 e. The Morgan fingerprint density at radius 3 is 2.77 bits per heavy atom. The van der Waals surface area contributed by atoms with E-state index in [0.717, 1.165) is 5.75 Å². The molecule has 0 fully saturated rings. The van der Waals surface area contributed by atoms with Crippen LogP contribution in [-0.2, 0) is 14.3 Å². The smallest absolute Gasteiger partial charge is 0.314 e. The number of carboxylic acids is 1. The fourth-order valence-electron chi connectivity index (χ4n) is 2.58. The molecule has 1 aliphatic carbocycles. The number of ether oxygens (including phenoxy) is 1. The average Bonchev–Trinajstić information content (AvgIpc) is 2.47. The van der Waals surface area contributed by atoms with Gasteiger partial charge in [-0.1, -0.05) is 26.0 Å². The van der Waals surface area contributed by atoms with Gasteiger partial charge in [-0.2, -0.15) is 0 Å². The first-order valence-electron chi connectivity index (χ1n) is 7.26. The highest BCUT2D eigenvalue weighted by Gasteiger charge is 2.41. The Labute approximate surface area is 134 Å². The molecule has 1 aliphatic heterocycles. The quantitative estimate of drug-likeness (QED) is 0.832. The van der Waals surface area contributed by atoms with Crippen molar-refractivity contribution in [3.8, 4) is 0 Å². The molecule has 2 N–H and O–H groups in total. The number of rotatable bonds is 4. The van der Waals surface area contributed by atoms with E-state index in [-0.39, 0.29) is 18.2 Å². The fraction of sp³-hybridized carbons (Fsp3) is 0.500. The van der Waals surface area contributed by atoms with Gasteiger partial charge in [-0.3, -0.25) is 9.59 Å². The number of hydrogen-bond acceptors (Lipinski definition) is 4. The summed E-state index contributed by atoms with van der Waals surface area (Å²) in [6.45, 7) is 6.13. The third kappa shape index (κ3) is 3.21. The highest BCUT2D eigenvalue weighted by molar-refractivity contribution is 8.04. The van der Waals surface area contributed by atoms with E-state index in [1.165, 1.54) is 11.8 Å². The zero-order valence-electron chi connectivity index (χ0n) is 13.0. The second kappa shape index (κ2) is 6.60. The van der Waals surface area contributed by atoms with Crippen LogP contribution in [0.4, 0.5) is 0 Å². The van der Waals surface area contributed by atoms with Crippen molar-refractivity contribution in [1.82, 2.24) is 5.32 Å². The van der Waals surface area contributed by atoms with E-state index in [9.17, 15) is 14.7 Å². The molecule has 1 atom stereocenters. The van der Waals surface area contributed by atoms with Gasteiger partial charge in [0.25, 0.3) is 5.91 Å². The molecule has 0 saturated heterocycles. The van der Waals surface area contributed by atoms with Crippen molar-refractivity contribution in [2.24, 2.45) is 11.3 Å². The van der Waals surface area contributed by atoms with E-state index in [2.05, 4.69) is 5.32 Å². The molecule has 0 saturated carbocycles. The van der Waals surface area contributed by atoms with Gasteiger partial charge in [-0.25, -0.2) is 0 Å². The summed E-state index contributed by atoms with van der Waals surface area (Å²) in [5, 5.41) is 12.4. The summed E-state index contributed by atoms with van der Waals surface area (Å²) < 4.78 is 5.39. The molecule has 0 aromatic rings. The molecular weight excluding hydrogens is 302 g/mol. The Morgan fingerprint density at radius 2 is 2.18 bits per heavy atom. The first-order valence-corrected chi connectivity index (χ1v) is 8.25. The van der Waals surface area contributed by atoms with Crippen LogP contribution < -0.4 is 5.32 Å². The number of amides is 1. The standard InChI is InChI=1S/C16H21NO4S/c1-10(2)16(15(19)20)6-4-5-12(9-16)17-14(18)13-11(3)21-7-8-22-13/h4-6,10H,7-9H2,1-3H3,(H,17,18)(H,19,20). The SMILES string of the molecule is CC1=C(C(=O)NC2=CC=CC(C(=O)O)(C(C)C)C2)SCCO1. The first-order chi connectivity index (χ1) is 10.4. The molecule has 6 heteroatoms. The second-order valence-corrected chi connectivity index (χ2v) is 6.87. The minimum atomic E-state index is -0.975. The Kier molecular flexibility index (Phi) is 5.01. The number of aliphatic carboxylic acids is 1. The van der Waals surface area contributed by atoms with E-state index >= 15 is 0 Å². The van der Waals surface area contributed by atoms with Gasteiger partial charge in [0, 0.05) is 17.9 Å². The van der Waals surface area contributed by atoms with Gasteiger partial charge in [-0.05, 0) is 18.9 Å². The Bertz CT molecular complexity index is 577. The van der Waals surface area contributed by atoms with E-state index < -0.39 is 11.4 Å². The molecule has 0 bridgehead atoms. The van der Waals surface area contributed by atoms with Crippen molar-refractivity contribution in [3.05, 3.63) is 34.6 Å². The van der Waals surface area contributed by atoms with Crippen molar-refractivity contribution >= 4 is 23.6 Å². The topological polar surface area (TPSA) is 75.6 Å². The van der Waals surface area contributed by atoms with Crippen molar-refractivity contribution < 1.29 is 19.4 Å². The molecule has 2 aliphatic rings. The summed E-state index contributed by atoms with van der Waals surface area (Å²) in [4.78, 5) is 24.6. The largest absolute Gasteiger partial charge is 0.496 e. The first kappa shape index (κ1) is 16.7. The molecule has 1 unspecified atom stereocenters. The van der Waals surface area contributed by atoms with Gasteiger partial charge in [0.2, 0.25) is 0 Å². The Hall–Kier alpha value is -1.69. The monoisotopic (exact) mass is 323 g/mol. The molecule has 0 radical (unpaired) electrons. The lowest BCUT2D eigenvalue weighted by atomic mass is 9.71. The van der Waals surface area contributed by atoms with Gasteiger partial charge in [-0.15, -0.1) is 11.8 Å². The van der Waals surface area contributed by atoms with Gasteiger partial charge in [0.15, 0.2) is 0 Å². The highest BCUT2D eigenvalue weighted by atomic mass is 32.2. The van der Waals surface area contributed by atoms with Crippen molar-refractivity contribution in [2.75, 3.05) is 12.4 Å². The van der Waals surface area contributed by atoms with Crippen LogP contribution in [0.1, 0.15) is 27.2 Å². The predicted octanol–water partition coefficient (Wildman–Crippen LogP) is 2.67. The molecule has 22 heavy (non-hydrogen) atoms. The van der Waals surface area contributed by atoms with Crippen LogP contribution in [-0.4, -0.2) is 29.3 Å². The normalized spacial score (nSPS) is 24.8. The summed E-state index contributed by atoms with van der Waals surface area (Å²) in [7, 11) is 0. The van der Waals surface area contributed by atoms with E-state index in [1.807, 2.05) is 13.8 Å². The van der Waals surface area contributed by atoms with Gasteiger partial charge in [0.1, 0.15) is 10.7 Å². The van der Waals surface area contributed by atoms with Crippen LogP contribution in [0.2, 0.25) is 0 Å². The average molecular weight is 323 g/mol. The molecule has 0 spiro atoms. The van der Waals surface area contributed by atoms with E-state index in [1.54, 1.807) is 25.2 Å². The number of carbonyl (C=O) groups excluding carboxylic acids is 1. The summed E-state index contributed by atoms with van der Waals surface area (Å²) in [6.07, 6.45) is 5.45. The highest BCUT2D eigenvalue weighted by Crippen LogP contribution is 2.38. The summed E-state index contributed by atoms with van der Waals surface area (Å²) in [6, 6.07) is 0. The lowest BCUT2D eigenvalue weighted by Crippen LogP contribution is -2.39. The van der Waals surface area contributed by atoms with Crippen LogP contribution in [0.3, 0.4) is 0 Å². The van der Waals surface area contributed by atoms with Gasteiger partial charge < -0.3 is 15.2 Å². The number of nitrogens with one attached hydrogen (secondary N) is 1. The number of hydrogen-bond donors (Lipinski definition) is 2. The summed E-state index contributed by atoms with van der Waals surface area (Å²) in [5.41, 5.74) is -0.355. The van der Waals surface area contributed by atoms with E-state index in [0.29, 0.717) is 23.0 Å². The van der Waals surface area contributed by atoms with Crippen molar-refractivity contribution in [3.63, 3.8) is 0 Å². The molecule has 5 nitrogen and oxygen atoms in total. The van der Waals surface area contributed by atoms with Gasteiger partial charge in [0.05, 0.1) is 12.0 Å². The number of thioether (sulfide) groups is 1. The molecule has 1 amide bonds. The predicted molar refractivity (Wildman–Crippen MR) is 86.0 cm³/mol. The summed E-state index contributed by atoms with van der Waals surface area (Å²) in [5.74, 6) is 0.185. The zero-order chi connectivity index (χ0) is 16.3. The molecule has 2 rings (SSSR count). The van der Waals surface area contributed by atoms with Crippen LogP contribution >= 0.6 is 11.8 Å². The molecule has 0 aromatic carbocycles. The molecule has 1 heterocycles. The Balaban J connectivity index is 2.14.